The number of phenols is 1. The van der Waals surface area contributed by atoms with Crippen LogP contribution in [0.4, 0.5) is 11.5 Å². The Hall–Kier alpha value is -3.45. The summed E-state index contributed by atoms with van der Waals surface area (Å²) in [7, 11) is 0. The van der Waals surface area contributed by atoms with Crippen LogP contribution >= 0.6 is 11.3 Å². The van der Waals surface area contributed by atoms with Crippen LogP contribution in [0, 0.1) is 0 Å². The normalized spacial score (nSPS) is 10.8. The molecule has 0 saturated carbocycles. The van der Waals surface area contributed by atoms with E-state index in [4.69, 9.17) is 5.11 Å². The van der Waals surface area contributed by atoms with Gasteiger partial charge in [0.25, 0.3) is 0 Å². The third-order valence-electron chi connectivity index (χ3n) is 3.84. The first-order valence-corrected chi connectivity index (χ1v) is 8.56. The molecule has 4 aromatic rings. The van der Waals surface area contributed by atoms with Crippen molar-refractivity contribution >= 4 is 39.0 Å². The number of hydrogen-bond acceptors (Lipinski definition) is 6. The second-order valence-electron chi connectivity index (χ2n) is 5.61. The Morgan fingerprint density at radius 1 is 1.04 bits per heavy atom. The Morgan fingerprint density at radius 2 is 1.85 bits per heavy atom. The van der Waals surface area contributed by atoms with Gasteiger partial charge in [-0.15, -0.1) is 11.3 Å². The van der Waals surface area contributed by atoms with Crippen molar-refractivity contribution in [2.24, 2.45) is 0 Å². The molecule has 0 saturated heterocycles. The number of fused-ring (bicyclic) bond motifs is 1. The average Bonchev–Trinajstić information content (AvgIpc) is 3.07. The summed E-state index contributed by atoms with van der Waals surface area (Å²) in [6.07, 6.45) is 1.48. The van der Waals surface area contributed by atoms with E-state index in [-0.39, 0.29) is 11.3 Å². The van der Waals surface area contributed by atoms with Crippen molar-refractivity contribution in [3.05, 3.63) is 66.5 Å². The maximum Gasteiger partial charge on any atom is 0.335 e. The Morgan fingerprint density at radius 3 is 2.58 bits per heavy atom. The van der Waals surface area contributed by atoms with E-state index in [1.807, 2.05) is 12.1 Å². The molecule has 0 radical (unpaired) electrons. The third-order valence-corrected chi connectivity index (χ3v) is 5.02. The minimum absolute atomic E-state index is 0.172. The summed E-state index contributed by atoms with van der Waals surface area (Å²) in [5, 5.41) is 21.8. The summed E-state index contributed by atoms with van der Waals surface area (Å²) in [4.78, 5) is 20.6. The van der Waals surface area contributed by atoms with Crippen LogP contribution in [0.2, 0.25) is 0 Å². The molecule has 4 rings (SSSR count). The molecule has 6 nitrogen and oxygen atoms in total. The number of carboxylic acids is 1. The topological polar surface area (TPSA) is 95.3 Å². The predicted octanol–water partition coefficient (Wildman–Crippen LogP) is 4.51. The molecular weight excluding hydrogens is 350 g/mol. The van der Waals surface area contributed by atoms with E-state index >= 15 is 0 Å². The largest absolute Gasteiger partial charge is 0.508 e. The minimum atomic E-state index is -0.948. The molecule has 0 atom stereocenters. The molecule has 0 amide bonds. The number of anilines is 2. The van der Waals surface area contributed by atoms with Crippen LogP contribution in [0.1, 0.15) is 10.4 Å². The lowest BCUT2D eigenvalue weighted by molar-refractivity contribution is 0.0697. The number of thiophene rings is 1. The first-order valence-electron chi connectivity index (χ1n) is 7.74. The molecule has 0 aliphatic rings. The van der Waals surface area contributed by atoms with Gasteiger partial charge in [-0.1, -0.05) is 18.2 Å². The molecule has 0 fully saturated rings. The monoisotopic (exact) mass is 363 g/mol. The number of benzene rings is 2. The van der Waals surface area contributed by atoms with E-state index in [1.165, 1.54) is 17.7 Å². The van der Waals surface area contributed by atoms with Crippen molar-refractivity contribution in [1.82, 2.24) is 9.97 Å². The highest BCUT2D eigenvalue weighted by atomic mass is 32.1. The number of hydrogen-bond donors (Lipinski definition) is 3. The van der Waals surface area contributed by atoms with Crippen LogP contribution in [-0.2, 0) is 0 Å². The fourth-order valence-corrected chi connectivity index (χ4v) is 3.64. The van der Waals surface area contributed by atoms with Gasteiger partial charge in [0, 0.05) is 16.6 Å². The van der Waals surface area contributed by atoms with Gasteiger partial charge in [0.15, 0.2) is 5.82 Å². The van der Waals surface area contributed by atoms with Crippen molar-refractivity contribution < 1.29 is 15.0 Å². The molecule has 0 aliphatic carbocycles. The first kappa shape index (κ1) is 16.0. The van der Waals surface area contributed by atoms with Gasteiger partial charge in [0.05, 0.1) is 15.8 Å². The minimum Gasteiger partial charge on any atom is -0.508 e. The SMILES string of the molecule is O=C(O)c1ccc(-c2cc3ncnc(Nc4cccc(O)c4)c3s2)cc1. The maximum atomic E-state index is 11.0. The number of aromatic carboxylic acids is 1. The van der Waals surface area contributed by atoms with E-state index in [9.17, 15) is 9.90 Å². The van der Waals surface area contributed by atoms with Crippen molar-refractivity contribution in [2.45, 2.75) is 0 Å². The van der Waals surface area contributed by atoms with Gasteiger partial charge in [-0.2, -0.15) is 0 Å². The number of nitrogens with one attached hydrogen (secondary N) is 1. The molecule has 2 aromatic heterocycles. The van der Waals surface area contributed by atoms with Gasteiger partial charge in [0.1, 0.15) is 12.1 Å². The zero-order valence-electron chi connectivity index (χ0n) is 13.4. The van der Waals surface area contributed by atoms with Crippen molar-refractivity contribution in [1.29, 1.82) is 0 Å². The van der Waals surface area contributed by atoms with Crippen LogP contribution in [0.25, 0.3) is 20.7 Å². The Bertz CT molecular complexity index is 1110. The fraction of sp³-hybridized carbons (Fsp3) is 0. The summed E-state index contributed by atoms with van der Waals surface area (Å²) in [6, 6.07) is 15.5. The number of rotatable bonds is 4. The highest BCUT2D eigenvalue weighted by Crippen LogP contribution is 2.36. The van der Waals surface area contributed by atoms with Crippen LogP contribution < -0.4 is 5.32 Å². The summed E-state index contributed by atoms with van der Waals surface area (Å²) in [5.74, 6) is -0.124. The van der Waals surface area contributed by atoms with Crippen molar-refractivity contribution in [2.75, 3.05) is 5.32 Å². The molecule has 7 heteroatoms. The van der Waals surface area contributed by atoms with Gasteiger partial charge >= 0.3 is 5.97 Å². The predicted molar refractivity (Wildman–Crippen MR) is 101 cm³/mol. The zero-order chi connectivity index (χ0) is 18.1. The molecule has 0 spiro atoms. The number of nitrogens with zero attached hydrogens (tertiary/aromatic N) is 2. The average molecular weight is 363 g/mol. The van der Waals surface area contributed by atoms with E-state index in [0.717, 1.165) is 26.3 Å². The number of aromatic hydroxyl groups is 1. The molecule has 0 aliphatic heterocycles. The van der Waals surface area contributed by atoms with Crippen LogP contribution in [0.5, 0.6) is 5.75 Å². The van der Waals surface area contributed by atoms with Crippen LogP contribution in [0.3, 0.4) is 0 Å². The number of phenolic OH excluding ortho intramolecular Hbond substituents is 1. The maximum absolute atomic E-state index is 11.0. The highest BCUT2D eigenvalue weighted by Gasteiger charge is 2.11. The summed E-state index contributed by atoms with van der Waals surface area (Å²) < 4.78 is 0.883. The third kappa shape index (κ3) is 3.07. The second-order valence-corrected chi connectivity index (χ2v) is 6.66. The molecule has 2 aromatic carbocycles. The van der Waals surface area contributed by atoms with Crippen molar-refractivity contribution in [3.8, 4) is 16.2 Å². The van der Waals surface area contributed by atoms with Gasteiger partial charge < -0.3 is 15.5 Å². The van der Waals surface area contributed by atoms with Gasteiger partial charge in [0.2, 0.25) is 0 Å². The lowest BCUT2D eigenvalue weighted by Gasteiger charge is -2.06. The van der Waals surface area contributed by atoms with Gasteiger partial charge in [-0.3, -0.25) is 0 Å². The Balaban J connectivity index is 1.72. The molecule has 3 N–H and O–H groups in total. The molecular formula is C19H13N3O3S. The zero-order valence-corrected chi connectivity index (χ0v) is 14.2. The quantitative estimate of drug-likeness (QED) is 0.494. The first-order chi connectivity index (χ1) is 12.6. The number of aromatic nitrogens is 2. The van der Waals surface area contributed by atoms with Gasteiger partial charge in [-0.05, 0) is 35.9 Å². The second kappa shape index (κ2) is 6.45. The summed E-state index contributed by atoms with van der Waals surface area (Å²) in [6.45, 7) is 0. The number of carbonyl (C=O) groups is 1. The highest BCUT2D eigenvalue weighted by molar-refractivity contribution is 7.22. The number of carboxylic acid groups (broad SMARTS) is 1. The standard InChI is InChI=1S/C19H13N3O3S/c23-14-3-1-2-13(8-14)22-18-17-15(20-10-21-18)9-16(26-17)11-4-6-12(7-5-11)19(24)25/h1-10,23H,(H,24,25)(H,20,21,22). The van der Waals surface area contributed by atoms with Crippen LogP contribution in [0.15, 0.2) is 60.9 Å². The lowest BCUT2D eigenvalue weighted by Crippen LogP contribution is -1.94. The van der Waals surface area contributed by atoms with E-state index in [1.54, 1.807) is 42.5 Å². The van der Waals surface area contributed by atoms with Gasteiger partial charge in [-0.25, -0.2) is 14.8 Å². The van der Waals surface area contributed by atoms with E-state index in [0.29, 0.717) is 5.82 Å². The smallest absolute Gasteiger partial charge is 0.335 e. The molecule has 0 bridgehead atoms. The molecule has 128 valence electrons. The fourth-order valence-electron chi connectivity index (χ4n) is 2.58. The van der Waals surface area contributed by atoms with E-state index < -0.39 is 5.97 Å². The van der Waals surface area contributed by atoms with Crippen molar-refractivity contribution in [3.63, 3.8) is 0 Å². The van der Waals surface area contributed by atoms with E-state index in [2.05, 4.69) is 15.3 Å². The Kier molecular flexibility index (Phi) is 3.98. The molecule has 0 unspecified atom stereocenters. The Labute approximate surface area is 152 Å². The molecule has 26 heavy (non-hydrogen) atoms. The molecule has 2 heterocycles. The lowest BCUT2D eigenvalue weighted by atomic mass is 10.1. The summed E-state index contributed by atoms with van der Waals surface area (Å²) >= 11 is 1.52. The summed E-state index contributed by atoms with van der Waals surface area (Å²) in [5.41, 5.74) is 2.69. The van der Waals surface area contributed by atoms with Crippen LogP contribution in [-0.4, -0.2) is 26.2 Å².